The minimum absolute atomic E-state index is 0.0623. The highest BCUT2D eigenvalue weighted by atomic mass is 16.5. The minimum Gasteiger partial charge on any atom is -0.457 e. The highest BCUT2D eigenvalue weighted by molar-refractivity contribution is 5.94. The van der Waals surface area contributed by atoms with Gasteiger partial charge >= 0.3 is 5.97 Å². The molecule has 0 radical (unpaired) electrons. The molecular weight excluding hydrogens is 438 g/mol. The van der Waals surface area contributed by atoms with Crippen LogP contribution in [-0.4, -0.2) is 54.9 Å². The summed E-state index contributed by atoms with van der Waals surface area (Å²) in [6, 6.07) is 7.08. The summed E-state index contributed by atoms with van der Waals surface area (Å²) >= 11 is 0. The minimum atomic E-state index is -1.03. The van der Waals surface area contributed by atoms with Crippen LogP contribution in [-0.2, 0) is 22.7 Å². The number of esters is 1. The lowest BCUT2D eigenvalue weighted by atomic mass is 9.95. The summed E-state index contributed by atoms with van der Waals surface area (Å²) in [6.07, 6.45) is 3.71. The number of hydrogen-bond acceptors (Lipinski definition) is 8. The number of amides is 1. The molecule has 10 heteroatoms. The smallest absolute Gasteiger partial charge is 0.338 e. The molecule has 0 bridgehead atoms. The molecule has 34 heavy (non-hydrogen) atoms. The van der Waals surface area contributed by atoms with Gasteiger partial charge in [0.25, 0.3) is 0 Å². The van der Waals surface area contributed by atoms with Crippen LogP contribution in [0.25, 0.3) is 5.82 Å². The Morgan fingerprint density at radius 3 is 2.85 bits per heavy atom. The molecule has 3 heterocycles. The molecule has 1 atom stereocenters. The van der Waals surface area contributed by atoms with Gasteiger partial charge in [0.15, 0.2) is 5.82 Å². The predicted molar refractivity (Wildman–Crippen MR) is 119 cm³/mol. The van der Waals surface area contributed by atoms with E-state index in [1.165, 1.54) is 15.8 Å². The Bertz CT molecular complexity index is 1310. The van der Waals surface area contributed by atoms with Crippen LogP contribution in [0, 0.1) is 25.2 Å². The Balaban J connectivity index is 1.53. The number of hydrogen-bond donors (Lipinski definition) is 2. The van der Waals surface area contributed by atoms with Crippen LogP contribution in [0.3, 0.4) is 0 Å². The number of aromatic nitrogens is 3. The average Bonchev–Trinajstić information content (AvgIpc) is 3.45. The SMILES string of the molecule is Cc1cc(-n2cc(CN(CC(O)c3ccc4c(c3C)COC4=O)C(=O)CO)cn2)ncc1C#N. The Kier molecular flexibility index (Phi) is 6.40. The number of pyridine rings is 1. The molecule has 4 rings (SSSR count). The van der Waals surface area contributed by atoms with Gasteiger partial charge in [0.2, 0.25) is 5.91 Å². The van der Waals surface area contributed by atoms with E-state index in [4.69, 9.17) is 10.00 Å². The number of nitriles is 1. The molecule has 0 aliphatic carbocycles. The van der Waals surface area contributed by atoms with Gasteiger partial charge in [0.1, 0.15) is 19.3 Å². The van der Waals surface area contributed by atoms with Crippen molar-refractivity contribution in [2.24, 2.45) is 0 Å². The van der Waals surface area contributed by atoms with E-state index in [9.17, 15) is 19.8 Å². The van der Waals surface area contributed by atoms with Crippen LogP contribution in [0.4, 0.5) is 0 Å². The highest BCUT2D eigenvalue weighted by Gasteiger charge is 2.27. The summed E-state index contributed by atoms with van der Waals surface area (Å²) < 4.78 is 6.60. The maximum Gasteiger partial charge on any atom is 0.338 e. The van der Waals surface area contributed by atoms with Crippen molar-refractivity contribution in [2.75, 3.05) is 13.2 Å². The van der Waals surface area contributed by atoms with Gasteiger partial charge in [-0.3, -0.25) is 4.79 Å². The highest BCUT2D eigenvalue weighted by Crippen LogP contribution is 2.29. The van der Waals surface area contributed by atoms with Crippen molar-refractivity contribution in [3.63, 3.8) is 0 Å². The first-order chi connectivity index (χ1) is 16.3. The molecule has 1 aliphatic heterocycles. The van der Waals surface area contributed by atoms with Crippen LogP contribution in [0.1, 0.15) is 49.8 Å². The lowest BCUT2D eigenvalue weighted by Gasteiger charge is -2.25. The van der Waals surface area contributed by atoms with Gasteiger partial charge in [-0.25, -0.2) is 14.5 Å². The van der Waals surface area contributed by atoms with Gasteiger partial charge < -0.3 is 19.8 Å². The zero-order chi connectivity index (χ0) is 24.4. The van der Waals surface area contributed by atoms with Gasteiger partial charge in [0.05, 0.1) is 30.0 Å². The van der Waals surface area contributed by atoms with Crippen molar-refractivity contribution in [1.29, 1.82) is 5.26 Å². The normalized spacial score (nSPS) is 13.2. The largest absolute Gasteiger partial charge is 0.457 e. The Labute approximate surface area is 195 Å². The molecule has 2 aromatic heterocycles. The second kappa shape index (κ2) is 9.43. The van der Waals surface area contributed by atoms with Crippen molar-refractivity contribution in [3.05, 3.63) is 75.7 Å². The molecule has 1 aromatic carbocycles. The standard InChI is InChI=1S/C24H23N5O5/c1-14-5-22(26-8-17(14)6-25)29-10-16(7-27-29)9-28(23(32)12-30)11-21(31)18-3-4-19-20(15(18)2)13-34-24(19)33/h3-5,7-8,10,21,30-31H,9,11-13H2,1-2H3. The average molecular weight is 461 g/mol. The predicted octanol–water partition coefficient (Wildman–Crippen LogP) is 1.48. The van der Waals surface area contributed by atoms with E-state index >= 15 is 0 Å². The third-order valence-electron chi connectivity index (χ3n) is 5.91. The zero-order valence-electron chi connectivity index (χ0n) is 18.7. The second-order valence-electron chi connectivity index (χ2n) is 8.09. The number of fused-ring (bicyclic) bond motifs is 1. The van der Waals surface area contributed by atoms with E-state index < -0.39 is 18.6 Å². The zero-order valence-corrected chi connectivity index (χ0v) is 18.7. The van der Waals surface area contributed by atoms with E-state index in [-0.39, 0.29) is 25.7 Å². The van der Waals surface area contributed by atoms with Crippen LogP contribution >= 0.6 is 0 Å². The third-order valence-corrected chi connectivity index (χ3v) is 5.91. The van der Waals surface area contributed by atoms with Crippen molar-refractivity contribution in [2.45, 2.75) is 33.1 Å². The topological polar surface area (TPSA) is 142 Å². The fraction of sp³-hybridized carbons (Fsp3) is 0.292. The van der Waals surface area contributed by atoms with Gasteiger partial charge in [-0.2, -0.15) is 10.4 Å². The van der Waals surface area contributed by atoms with E-state index in [1.807, 2.05) is 0 Å². The first kappa shape index (κ1) is 23.1. The summed E-state index contributed by atoms with van der Waals surface area (Å²) in [5.41, 5.74) is 4.44. The number of aliphatic hydroxyl groups excluding tert-OH is 2. The number of cyclic esters (lactones) is 1. The number of carbonyl (C=O) groups is 2. The first-order valence-electron chi connectivity index (χ1n) is 10.6. The molecule has 0 fully saturated rings. The van der Waals surface area contributed by atoms with Crippen molar-refractivity contribution >= 4 is 11.9 Å². The molecule has 0 saturated carbocycles. The number of aliphatic hydroxyl groups is 2. The molecule has 3 aromatic rings. The number of aryl methyl sites for hydroxylation is 1. The lowest BCUT2D eigenvalue weighted by molar-refractivity contribution is -0.136. The van der Waals surface area contributed by atoms with Gasteiger partial charge in [-0.05, 0) is 42.7 Å². The van der Waals surface area contributed by atoms with Gasteiger partial charge in [-0.1, -0.05) is 6.07 Å². The van der Waals surface area contributed by atoms with Gasteiger partial charge in [-0.15, -0.1) is 0 Å². The van der Waals surface area contributed by atoms with Crippen LogP contribution in [0.2, 0.25) is 0 Å². The van der Waals surface area contributed by atoms with E-state index in [2.05, 4.69) is 16.2 Å². The summed E-state index contributed by atoms with van der Waals surface area (Å²) in [5, 5.41) is 33.7. The summed E-state index contributed by atoms with van der Waals surface area (Å²) in [5.74, 6) is -0.412. The van der Waals surface area contributed by atoms with E-state index in [0.29, 0.717) is 28.1 Å². The number of carbonyl (C=O) groups excluding carboxylic acids is 2. The summed E-state index contributed by atoms with van der Waals surface area (Å²) in [7, 11) is 0. The van der Waals surface area contributed by atoms with Crippen molar-refractivity contribution in [3.8, 4) is 11.9 Å². The quantitative estimate of drug-likeness (QED) is 0.504. The van der Waals surface area contributed by atoms with Crippen LogP contribution in [0.5, 0.6) is 0 Å². The van der Waals surface area contributed by atoms with Crippen molar-refractivity contribution < 1.29 is 24.5 Å². The maximum absolute atomic E-state index is 12.4. The third kappa shape index (κ3) is 4.39. The fourth-order valence-electron chi connectivity index (χ4n) is 3.96. The first-order valence-corrected chi connectivity index (χ1v) is 10.6. The Morgan fingerprint density at radius 1 is 1.35 bits per heavy atom. The monoisotopic (exact) mass is 461 g/mol. The number of nitrogens with zero attached hydrogens (tertiary/aromatic N) is 5. The van der Waals surface area contributed by atoms with E-state index in [1.54, 1.807) is 44.4 Å². The Morgan fingerprint density at radius 2 is 2.15 bits per heavy atom. The molecule has 1 amide bonds. The lowest BCUT2D eigenvalue weighted by Crippen LogP contribution is -2.36. The molecule has 0 spiro atoms. The maximum atomic E-state index is 12.4. The Hall–Kier alpha value is -4.07. The summed E-state index contributed by atoms with van der Waals surface area (Å²) in [4.78, 5) is 29.8. The number of ether oxygens (including phenoxy) is 1. The molecule has 1 aliphatic rings. The molecule has 2 N–H and O–H groups in total. The van der Waals surface area contributed by atoms with Crippen LogP contribution in [0.15, 0.2) is 36.8 Å². The number of benzene rings is 1. The molecule has 0 saturated heterocycles. The molecule has 1 unspecified atom stereocenters. The van der Waals surface area contributed by atoms with E-state index in [0.717, 1.165) is 16.7 Å². The fourth-order valence-corrected chi connectivity index (χ4v) is 3.96. The summed E-state index contributed by atoms with van der Waals surface area (Å²) in [6.45, 7) is 3.10. The van der Waals surface area contributed by atoms with Crippen LogP contribution < -0.4 is 0 Å². The number of rotatable bonds is 7. The van der Waals surface area contributed by atoms with Crippen molar-refractivity contribution in [1.82, 2.24) is 19.7 Å². The second-order valence-corrected chi connectivity index (χ2v) is 8.09. The van der Waals surface area contributed by atoms with Gasteiger partial charge in [0, 0.05) is 30.1 Å². The molecule has 10 nitrogen and oxygen atoms in total. The molecule has 174 valence electrons. The molecular formula is C24H23N5O5.